The average Bonchev–Trinajstić information content (AvgIpc) is 2.69. The molecule has 4 heteroatoms. The second-order valence-corrected chi connectivity index (χ2v) is 4.60. The molecule has 0 spiro atoms. The number of amides is 2. The Morgan fingerprint density at radius 2 is 1.95 bits per heavy atom. The number of carbonyl (C=O) groups is 1. The van der Waals surface area contributed by atoms with Gasteiger partial charge in [0.1, 0.15) is 0 Å². The molecule has 0 radical (unpaired) electrons. The van der Waals surface area contributed by atoms with Gasteiger partial charge in [0.25, 0.3) is 0 Å². The summed E-state index contributed by atoms with van der Waals surface area (Å²) < 4.78 is 0. The Balaban J connectivity index is 1.77. The van der Waals surface area contributed by atoms with Gasteiger partial charge in [-0.2, -0.15) is 0 Å². The van der Waals surface area contributed by atoms with Crippen molar-refractivity contribution in [2.75, 3.05) is 11.9 Å². The zero-order valence-electron chi connectivity index (χ0n) is 11.3. The van der Waals surface area contributed by atoms with Crippen LogP contribution >= 0.6 is 0 Å². The summed E-state index contributed by atoms with van der Waals surface area (Å²) in [5.41, 5.74) is 4.37. The van der Waals surface area contributed by atoms with Gasteiger partial charge in [0.05, 0.1) is 0 Å². The maximum atomic E-state index is 11.7. The number of carbonyl (C=O) groups excluding carboxylic acids is 1. The van der Waals surface area contributed by atoms with Crippen LogP contribution in [-0.2, 0) is 6.42 Å². The highest BCUT2D eigenvalue weighted by Crippen LogP contribution is 2.09. The molecule has 0 fully saturated rings. The van der Waals surface area contributed by atoms with E-state index in [2.05, 4.69) is 21.7 Å². The van der Waals surface area contributed by atoms with Crippen LogP contribution < -0.4 is 10.6 Å². The van der Waals surface area contributed by atoms with Crippen molar-refractivity contribution in [3.63, 3.8) is 0 Å². The first-order valence-corrected chi connectivity index (χ1v) is 6.40. The molecule has 0 aliphatic heterocycles. The van der Waals surface area contributed by atoms with Crippen LogP contribution in [0.25, 0.3) is 0 Å². The summed E-state index contributed by atoms with van der Waals surface area (Å²) in [5, 5.41) is 5.64. The molecule has 0 saturated heterocycles. The fourth-order valence-electron chi connectivity index (χ4n) is 2.05. The second-order valence-electron chi connectivity index (χ2n) is 4.60. The number of anilines is 1. The van der Waals surface area contributed by atoms with Crippen molar-refractivity contribution in [2.24, 2.45) is 0 Å². The summed E-state index contributed by atoms with van der Waals surface area (Å²) in [7, 11) is 0. The number of para-hydroxylation sites is 1. The number of hydrogen-bond donors (Lipinski definition) is 3. The number of aryl methyl sites for hydroxylation is 2. The first-order valence-electron chi connectivity index (χ1n) is 6.40. The van der Waals surface area contributed by atoms with Crippen LogP contribution in [0.5, 0.6) is 0 Å². The molecule has 1 heterocycles. The standard InChI is InChI=1S/C15H19N3O/c1-11-10-13(12(2)17-11)8-9-16-15(19)18-14-6-4-3-5-7-14/h3-7,10,17H,8-9H2,1-2H3,(H2,16,18,19). The summed E-state index contributed by atoms with van der Waals surface area (Å²) in [6.07, 6.45) is 0.832. The molecule has 0 atom stereocenters. The Bertz CT molecular complexity index is 546. The summed E-state index contributed by atoms with van der Waals surface area (Å²) in [4.78, 5) is 14.9. The van der Waals surface area contributed by atoms with Crippen molar-refractivity contribution in [1.82, 2.24) is 10.3 Å². The molecule has 0 aliphatic rings. The van der Waals surface area contributed by atoms with E-state index in [1.54, 1.807) is 0 Å². The van der Waals surface area contributed by atoms with E-state index in [0.29, 0.717) is 6.54 Å². The molecule has 1 aromatic heterocycles. The van der Waals surface area contributed by atoms with Gasteiger partial charge in [-0.25, -0.2) is 4.79 Å². The van der Waals surface area contributed by atoms with E-state index >= 15 is 0 Å². The summed E-state index contributed by atoms with van der Waals surface area (Å²) >= 11 is 0. The lowest BCUT2D eigenvalue weighted by atomic mass is 10.2. The van der Waals surface area contributed by atoms with Gasteiger partial charge in [-0.1, -0.05) is 18.2 Å². The van der Waals surface area contributed by atoms with Gasteiger partial charge in [0.2, 0.25) is 0 Å². The molecule has 2 amide bonds. The van der Waals surface area contributed by atoms with Crippen LogP contribution in [0.4, 0.5) is 10.5 Å². The smallest absolute Gasteiger partial charge is 0.319 e. The predicted molar refractivity (Wildman–Crippen MR) is 77.4 cm³/mol. The maximum absolute atomic E-state index is 11.7. The van der Waals surface area contributed by atoms with Crippen LogP contribution in [0.3, 0.4) is 0 Å². The van der Waals surface area contributed by atoms with Gasteiger partial charge < -0.3 is 15.6 Å². The molecular weight excluding hydrogens is 238 g/mol. The molecule has 3 N–H and O–H groups in total. The van der Waals surface area contributed by atoms with Gasteiger partial charge >= 0.3 is 6.03 Å². The summed E-state index contributed by atoms with van der Waals surface area (Å²) in [6, 6.07) is 11.4. The Labute approximate surface area is 113 Å². The number of rotatable bonds is 4. The van der Waals surface area contributed by atoms with Crippen LogP contribution in [-0.4, -0.2) is 17.6 Å². The molecular formula is C15H19N3O. The van der Waals surface area contributed by atoms with E-state index in [-0.39, 0.29) is 6.03 Å². The minimum absolute atomic E-state index is 0.170. The first kappa shape index (κ1) is 13.2. The minimum Gasteiger partial charge on any atom is -0.362 e. The molecule has 1 aromatic carbocycles. The van der Waals surface area contributed by atoms with Gasteiger partial charge in [0, 0.05) is 23.6 Å². The van der Waals surface area contributed by atoms with Crippen LogP contribution in [0.1, 0.15) is 17.0 Å². The van der Waals surface area contributed by atoms with Crippen molar-refractivity contribution >= 4 is 11.7 Å². The zero-order chi connectivity index (χ0) is 13.7. The molecule has 2 rings (SSSR count). The Kier molecular flexibility index (Phi) is 4.23. The topological polar surface area (TPSA) is 56.9 Å². The minimum atomic E-state index is -0.170. The molecule has 0 aliphatic carbocycles. The fraction of sp³-hybridized carbons (Fsp3) is 0.267. The molecule has 2 aromatic rings. The van der Waals surface area contributed by atoms with E-state index in [1.165, 1.54) is 11.3 Å². The number of benzene rings is 1. The van der Waals surface area contributed by atoms with E-state index in [0.717, 1.165) is 17.8 Å². The zero-order valence-corrected chi connectivity index (χ0v) is 11.3. The van der Waals surface area contributed by atoms with E-state index < -0.39 is 0 Å². The van der Waals surface area contributed by atoms with Crippen LogP contribution in [0, 0.1) is 13.8 Å². The second kappa shape index (κ2) is 6.09. The summed E-state index contributed by atoms with van der Waals surface area (Å²) in [6.45, 7) is 4.70. The van der Waals surface area contributed by atoms with E-state index in [4.69, 9.17) is 0 Å². The van der Waals surface area contributed by atoms with Crippen LogP contribution in [0.2, 0.25) is 0 Å². The fourth-order valence-corrected chi connectivity index (χ4v) is 2.05. The average molecular weight is 257 g/mol. The first-order chi connectivity index (χ1) is 9.15. The van der Waals surface area contributed by atoms with Crippen LogP contribution in [0.15, 0.2) is 36.4 Å². The third kappa shape index (κ3) is 3.88. The van der Waals surface area contributed by atoms with Gasteiger partial charge in [-0.3, -0.25) is 0 Å². The van der Waals surface area contributed by atoms with Gasteiger partial charge in [0.15, 0.2) is 0 Å². The lowest BCUT2D eigenvalue weighted by molar-refractivity contribution is 0.252. The van der Waals surface area contributed by atoms with Gasteiger partial charge in [-0.15, -0.1) is 0 Å². The predicted octanol–water partition coefficient (Wildman–Crippen LogP) is 3.00. The molecule has 0 bridgehead atoms. The van der Waals surface area contributed by atoms with E-state index in [1.807, 2.05) is 44.2 Å². The van der Waals surface area contributed by atoms with E-state index in [9.17, 15) is 4.79 Å². The molecule has 4 nitrogen and oxygen atoms in total. The number of urea groups is 1. The Morgan fingerprint density at radius 3 is 2.58 bits per heavy atom. The highest BCUT2D eigenvalue weighted by atomic mass is 16.2. The van der Waals surface area contributed by atoms with Crippen molar-refractivity contribution in [3.8, 4) is 0 Å². The molecule has 100 valence electrons. The number of H-pyrrole nitrogens is 1. The third-order valence-corrected chi connectivity index (χ3v) is 2.97. The quantitative estimate of drug-likeness (QED) is 0.775. The molecule has 0 unspecified atom stereocenters. The van der Waals surface area contributed by atoms with Crippen molar-refractivity contribution in [3.05, 3.63) is 53.3 Å². The number of nitrogens with one attached hydrogen (secondary N) is 3. The van der Waals surface area contributed by atoms with Crippen molar-refractivity contribution in [1.29, 1.82) is 0 Å². The SMILES string of the molecule is Cc1cc(CCNC(=O)Nc2ccccc2)c(C)[nH]1. The monoisotopic (exact) mass is 257 g/mol. The number of aromatic nitrogens is 1. The Morgan fingerprint density at radius 1 is 1.21 bits per heavy atom. The number of hydrogen-bond acceptors (Lipinski definition) is 1. The lowest BCUT2D eigenvalue weighted by Gasteiger charge is -2.07. The maximum Gasteiger partial charge on any atom is 0.319 e. The summed E-state index contributed by atoms with van der Waals surface area (Å²) in [5.74, 6) is 0. The van der Waals surface area contributed by atoms with Crippen molar-refractivity contribution in [2.45, 2.75) is 20.3 Å². The lowest BCUT2D eigenvalue weighted by Crippen LogP contribution is -2.30. The van der Waals surface area contributed by atoms with Crippen molar-refractivity contribution < 1.29 is 4.79 Å². The highest BCUT2D eigenvalue weighted by molar-refractivity contribution is 5.89. The number of aromatic amines is 1. The highest BCUT2D eigenvalue weighted by Gasteiger charge is 2.04. The van der Waals surface area contributed by atoms with Gasteiger partial charge in [-0.05, 0) is 44.0 Å². The third-order valence-electron chi connectivity index (χ3n) is 2.97. The largest absolute Gasteiger partial charge is 0.362 e. The normalized spacial score (nSPS) is 10.2. The molecule has 19 heavy (non-hydrogen) atoms. The Hall–Kier alpha value is -2.23. The molecule has 0 saturated carbocycles.